The first-order valence-corrected chi connectivity index (χ1v) is 5.26. The number of hydrogen-bond donors (Lipinski definition) is 0. The van der Waals surface area contributed by atoms with Gasteiger partial charge in [-0.3, -0.25) is 9.97 Å². The molecule has 0 bridgehead atoms. The van der Waals surface area contributed by atoms with Crippen molar-refractivity contribution >= 4 is 31.6 Å². The van der Waals surface area contributed by atoms with Crippen LogP contribution in [-0.4, -0.2) is 9.97 Å². The molecule has 0 saturated heterocycles. The van der Waals surface area contributed by atoms with Gasteiger partial charge < -0.3 is 0 Å². The Morgan fingerprint density at radius 3 is 3.07 bits per heavy atom. The Hall–Kier alpha value is -1.48. The van der Waals surface area contributed by atoms with Crippen LogP contribution in [-0.2, 0) is 0 Å². The third kappa shape index (κ3) is 0.960. The summed E-state index contributed by atoms with van der Waals surface area (Å²) < 4.78 is 2.53. The highest BCUT2D eigenvalue weighted by molar-refractivity contribution is 7.25. The van der Waals surface area contributed by atoms with Gasteiger partial charge in [0, 0.05) is 28.7 Å². The third-order valence-corrected chi connectivity index (χ3v) is 3.64. The third-order valence-electron chi connectivity index (χ3n) is 2.35. The molecule has 0 aliphatic carbocycles. The summed E-state index contributed by atoms with van der Waals surface area (Å²) in [6.45, 7) is 2.12. The monoisotopic (exact) mass is 200 g/mol. The number of thiophene rings is 1. The predicted molar refractivity (Wildman–Crippen MR) is 59.7 cm³/mol. The summed E-state index contributed by atoms with van der Waals surface area (Å²) in [5.74, 6) is 0. The predicted octanol–water partition coefficient (Wildman–Crippen LogP) is 3.15. The average molecular weight is 200 g/mol. The maximum Gasteiger partial charge on any atom is 0.0906 e. The first-order chi connectivity index (χ1) is 6.86. The second kappa shape index (κ2) is 2.75. The number of aromatic nitrogens is 2. The summed E-state index contributed by atoms with van der Waals surface area (Å²) >= 11 is 1.79. The maximum atomic E-state index is 4.40. The molecule has 0 N–H and O–H groups in total. The average Bonchev–Trinajstić information content (AvgIpc) is 2.59. The van der Waals surface area contributed by atoms with Gasteiger partial charge in [0.1, 0.15) is 0 Å². The van der Waals surface area contributed by atoms with E-state index in [1.54, 1.807) is 11.3 Å². The van der Waals surface area contributed by atoms with Crippen LogP contribution in [0, 0.1) is 6.92 Å². The number of rotatable bonds is 0. The van der Waals surface area contributed by atoms with Crippen molar-refractivity contribution < 1.29 is 0 Å². The minimum Gasteiger partial charge on any atom is -0.264 e. The zero-order chi connectivity index (χ0) is 9.54. The lowest BCUT2D eigenvalue weighted by Crippen LogP contribution is -1.76. The van der Waals surface area contributed by atoms with E-state index >= 15 is 0 Å². The SMILES string of the molecule is Cc1ccnc2c1sc1ccncc12. The van der Waals surface area contributed by atoms with Gasteiger partial charge in [-0.25, -0.2) is 0 Å². The Morgan fingerprint density at radius 1 is 1.21 bits per heavy atom. The zero-order valence-electron chi connectivity index (χ0n) is 7.69. The minimum absolute atomic E-state index is 1.08. The van der Waals surface area contributed by atoms with E-state index in [0.717, 1.165) is 10.9 Å². The van der Waals surface area contributed by atoms with Crippen molar-refractivity contribution in [1.29, 1.82) is 0 Å². The van der Waals surface area contributed by atoms with Gasteiger partial charge in [-0.15, -0.1) is 11.3 Å². The molecule has 0 atom stereocenters. The van der Waals surface area contributed by atoms with E-state index in [4.69, 9.17) is 0 Å². The number of fused-ring (bicyclic) bond motifs is 3. The van der Waals surface area contributed by atoms with Crippen molar-refractivity contribution in [2.24, 2.45) is 0 Å². The fourth-order valence-corrected chi connectivity index (χ4v) is 2.72. The molecule has 0 aromatic carbocycles. The summed E-state index contributed by atoms with van der Waals surface area (Å²) in [5, 5.41) is 1.16. The molecule has 0 spiro atoms. The second-order valence-electron chi connectivity index (χ2n) is 3.28. The molecule has 0 saturated carbocycles. The first kappa shape index (κ1) is 7.88. The minimum atomic E-state index is 1.08. The van der Waals surface area contributed by atoms with Crippen LogP contribution in [0.2, 0.25) is 0 Å². The molecule has 14 heavy (non-hydrogen) atoms. The van der Waals surface area contributed by atoms with Crippen LogP contribution in [0.3, 0.4) is 0 Å². The number of hydrogen-bond acceptors (Lipinski definition) is 3. The summed E-state index contributed by atoms with van der Waals surface area (Å²) in [6.07, 6.45) is 5.57. The molecule has 0 unspecified atom stereocenters. The van der Waals surface area contributed by atoms with E-state index in [1.807, 2.05) is 30.7 Å². The summed E-state index contributed by atoms with van der Waals surface area (Å²) in [5.41, 5.74) is 2.37. The van der Waals surface area contributed by atoms with Crippen LogP contribution in [0.15, 0.2) is 30.7 Å². The van der Waals surface area contributed by atoms with Crippen molar-refractivity contribution in [2.75, 3.05) is 0 Å². The van der Waals surface area contributed by atoms with Gasteiger partial charge >= 0.3 is 0 Å². The second-order valence-corrected chi connectivity index (χ2v) is 4.33. The highest BCUT2D eigenvalue weighted by atomic mass is 32.1. The van der Waals surface area contributed by atoms with Gasteiger partial charge in [0.2, 0.25) is 0 Å². The molecule has 3 rings (SSSR count). The van der Waals surface area contributed by atoms with Gasteiger partial charge in [-0.2, -0.15) is 0 Å². The van der Waals surface area contributed by atoms with Crippen LogP contribution < -0.4 is 0 Å². The summed E-state index contributed by atoms with van der Waals surface area (Å²) in [7, 11) is 0. The van der Waals surface area contributed by atoms with Gasteiger partial charge in [-0.1, -0.05) is 0 Å². The van der Waals surface area contributed by atoms with Crippen molar-refractivity contribution in [3.05, 3.63) is 36.3 Å². The van der Waals surface area contributed by atoms with E-state index < -0.39 is 0 Å². The fraction of sp³-hybridized carbons (Fsp3) is 0.0909. The van der Waals surface area contributed by atoms with Gasteiger partial charge in [0.15, 0.2) is 0 Å². The fourth-order valence-electron chi connectivity index (χ4n) is 1.62. The Balaban J connectivity index is 2.63. The van der Waals surface area contributed by atoms with Crippen molar-refractivity contribution in [2.45, 2.75) is 6.92 Å². The van der Waals surface area contributed by atoms with Crippen LogP contribution in [0.5, 0.6) is 0 Å². The molecule has 2 nitrogen and oxygen atoms in total. The van der Waals surface area contributed by atoms with Crippen molar-refractivity contribution in [3.8, 4) is 0 Å². The molecule has 0 aliphatic heterocycles. The molecule has 68 valence electrons. The molecule has 0 radical (unpaired) electrons. The van der Waals surface area contributed by atoms with E-state index in [2.05, 4.69) is 16.9 Å². The normalized spacial score (nSPS) is 11.2. The topological polar surface area (TPSA) is 25.8 Å². The van der Waals surface area contributed by atoms with Crippen molar-refractivity contribution in [1.82, 2.24) is 9.97 Å². The van der Waals surface area contributed by atoms with Crippen LogP contribution in [0.1, 0.15) is 5.56 Å². The Morgan fingerprint density at radius 2 is 2.14 bits per heavy atom. The molecular weight excluding hydrogens is 192 g/mol. The Labute approximate surface area is 85.2 Å². The summed E-state index contributed by atoms with van der Waals surface area (Å²) in [4.78, 5) is 8.53. The van der Waals surface area contributed by atoms with Crippen LogP contribution in [0.4, 0.5) is 0 Å². The zero-order valence-corrected chi connectivity index (χ0v) is 8.51. The lowest BCUT2D eigenvalue weighted by molar-refractivity contribution is 1.36. The lowest BCUT2D eigenvalue weighted by Gasteiger charge is -1.92. The van der Waals surface area contributed by atoms with Gasteiger partial charge in [0.25, 0.3) is 0 Å². The largest absolute Gasteiger partial charge is 0.264 e. The van der Waals surface area contributed by atoms with Gasteiger partial charge in [0.05, 0.1) is 10.2 Å². The number of nitrogens with zero attached hydrogens (tertiary/aromatic N) is 2. The maximum absolute atomic E-state index is 4.40. The van der Waals surface area contributed by atoms with E-state index in [1.165, 1.54) is 15.0 Å². The number of aryl methyl sites for hydroxylation is 1. The Kier molecular flexibility index (Phi) is 1.55. The molecule has 0 amide bonds. The van der Waals surface area contributed by atoms with Gasteiger partial charge in [-0.05, 0) is 24.6 Å². The van der Waals surface area contributed by atoms with E-state index in [9.17, 15) is 0 Å². The highest BCUT2D eigenvalue weighted by Crippen LogP contribution is 2.33. The molecular formula is C11H8N2S. The molecule has 0 aliphatic rings. The highest BCUT2D eigenvalue weighted by Gasteiger charge is 2.06. The Bertz CT molecular complexity index is 613. The van der Waals surface area contributed by atoms with Crippen LogP contribution in [0.25, 0.3) is 20.3 Å². The molecule has 3 heterocycles. The molecule has 0 fully saturated rings. The first-order valence-electron chi connectivity index (χ1n) is 4.44. The number of pyridine rings is 2. The smallest absolute Gasteiger partial charge is 0.0906 e. The van der Waals surface area contributed by atoms with Crippen LogP contribution >= 0.6 is 11.3 Å². The quantitative estimate of drug-likeness (QED) is 0.557. The van der Waals surface area contributed by atoms with E-state index in [0.29, 0.717) is 0 Å². The molecule has 3 aromatic heterocycles. The lowest BCUT2D eigenvalue weighted by atomic mass is 10.2. The van der Waals surface area contributed by atoms with E-state index in [-0.39, 0.29) is 0 Å². The standard InChI is InChI=1S/C11H8N2S/c1-7-2-5-13-10-8-6-12-4-3-9(8)14-11(7)10/h2-6H,1H3. The molecule has 3 aromatic rings. The molecule has 3 heteroatoms. The summed E-state index contributed by atoms with van der Waals surface area (Å²) in [6, 6.07) is 4.09. The van der Waals surface area contributed by atoms with Crippen molar-refractivity contribution in [3.63, 3.8) is 0 Å².